The molecule has 0 N–H and O–H groups in total. The van der Waals surface area contributed by atoms with Crippen LogP contribution in [0.2, 0.25) is 0 Å². The van der Waals surface area contributed by atoms with Crippen molar-refractivity contribution in [2.45, 2.75) is 26.2 Å². The van der Waals surface area contributed by atoms with Crippen LogP contribution in [0.15, 0.2) is 6.33 Å². The molecule has 0 bridgehead atoms. The number of rotatable bonds is 0. The Labute approximate surface area is 60.5 Å². The van der Waals surface area contributed by atoms with Crippen molar-refractivity contribution in [2.75, 3.05) is 0 Å². The van der Waals surface area contributed by atoms with Crippen LogP contribution in [0.5, 0.6) is 0 Å². The van der Waals surface area contributed by atoms with Crippen LogP contribution in [0.4, 0.5) is 0 Å². The molecular weight excluding hydrogens is 126 g/mol. The molecule has 0 fully saturated rings. The summed E-state index contributed by atoms with van der Waals surface area (Å²) in [6, 6.07) is 0. The molecule has 53 valence electrons. The van der Waals surface area contributed by atoms with Crippen LogP contribution >= 0.6 is 0 Å². The van der Waals surface area contributed by atoms with Gasteiger partial charge in [0, 0.05) is 5.41 Å². The van der Waals surface area contributed by atoms with E-state index in [1.54, 1.807) is 0 Å². The van der Waals surface area contributed by atoms with Gasteiger partial charge in [-0.15, -0.1) is 10.2 Å². The molecule has 0 atom stereocenters. The second-order valence-electron chi connectivity index (χ2n) is 3.17. The van der Waals surface area contributed by atoms with Gasteiger partial charge in [0.2, 0.25) is 0 Å². The van der Waals surface area contributed by atoms with Crippen molar-refractivity contribution < 1.29 is 0 Å². The Balaban J connectivity index is 2.97. The summed E-state index contributed by atoms with van der Waals surface area (Å²) in [5.74, 6) is 0. The third-order valence-electron chi connectivity index (χ3n) is 1.16. The van der Waals surface area contributed by atoms with Crippen LogP contribution in [0.3, 0.4) is 0 Å². The minimum Gasteiger partial charge on any atom is -0.237 e. The molecule has 0 aliphatic rings. The van der Waals surface area contributed by atoms with Crippen molar-refractivity contribution in [3.63, 3.8) is 0 Å². The lowest BCUT2D eigenvalue weighted by atomic mass is 9.93. The first-order valence-electron chi connectivity index (χ1n) is 3.16. The van der Waals surface area contributed by atoms with Gasteiger partial charge in [-0.25, -0.2) is 4.98 Å². The van der Waals surface area contributed by atoms with Gasteiger partial charge >= 0.3 is 0 Å². The maximum absolute atomic E-state index is 4.02. The fraction of sp³-hybridized carbons (Fsp3) is 0.571. The molecule has 3 nitrogen and oxygen atoms in total. The molecule has 1 aromatic rings. The average Bonchev–Trinajstić information content (AvgIpc) is 1.88. The third-order valence-corrected chi connectivity index (χ3v) is 1.16. The van der Waals surface area contributed by atoms with Crippen LogP contribution in [0, 0.1) is 6.20 Å². The van der Waals surface area contributed by atoms with E-state index in [-0.39, 0.29) is 5.41 Å². The quantitative estimate of drug-likeness (QED) is 0.533. The molecule has 3 heteroatoms. The molecule has 1 heterocycles. The second-order valence-corrected chi connectivity index (χ2v) is 3.17. The minimum absolute atomic E-state index is 0.0237. The number of aromatic nitrogens is 3. The highest BCUT2D eigenvalue weighted by atomic mass is 15.1. The van der Waals surface area contributed by atoms with Gasteiger partial charge in [-0.05, 0) is 0 Å². The molecule has 0 unspecified atom stereocenters. The molecule has 0 spiro atoms. The van der Waals surface area contributed by atoms with Crippen LogP contribution in [-0.4, -0.2) is 15.2 Å². The lowest BCUT2D eigenvalue weighted by molar-refractivity contribution is 0.558. The largest absolute Gasteiger partial charge is 0.237 e. The highest BCUT2D eigenvalue weighted by molar-refractivity contribution is 5.04. The zero-order chi connectivity index (χ0) is 7.61. The number of hydrogen-bond donors (Lipinski definition) is 0. The van der Waals surface area contributed by atoms with Crippen LogP contribution in [0.25, 0.3) is 0 Å². The standard InChI is InChI=1S/C7H10N3/c1-7(2,3)6-4-9-10-5-8-6/h5H,1-3H3. The Morgan fingerprint density at radius 1 is 1.40 bits per heavy atom. The minimum atomic E-state index is 0.0237. The van der Waals surface area contributed by atoms with E-state index in [1.165, 1.54) is 6.33 Å². The second kappa shape index (κ2) is 2.33. The summed E-state index contributed by atoms with van der Waals surface area (Å²) in [5.41, 5.74) is 0.873. The van der Waals surface area contributed by atoms with Gasteiger partial charge < -0.3 is 0 Å². The highest BCUT2D eigenvalue weighted by Gasteiger charge is 2.15. The Bertz CT molecular complexity index is 200. The smallest absolute Gasteiger partial charge is 0.138 e. The first-order valence-corrected chi connectivity index (χ1v) is 3.16. The van der Waals surface area contributed by atoms with E-state index in [4.69, 9.17) is 0 Å². The van der Waals surface area contributed by atoms with Gasteiger partial charge in [0.1, 0.15) is 12.5 Å². The molecule has 0 saturated carbocycles. The SMILES string of the molecule is CC(C)(C)c1[c]nncn1. The Morgan fingerprint density at radius 3 is 2.40 bits per heavy atom. The predicted octanol–water partition coefficient (Wildman–Crippen LogP) is 0.969. The third kappa shape index (κ3) is 1.50. The molecule has 0 saturated heterocycles. The Morgan fingerprint density at radius 2 is 2.10 bits per heavy atom. The number of hydrogen-bond acceptors (Lipinski definition) is 3. The highest BCUT2D eigenvalue weighted by Crippen LogP contribution is 2.16. The molecule has 0 aromatic carbocycles. The molecule has 0 aliphatic heterocycles. The van der Waals surface area contributed by atoms with E-state index >= 15 is 0 Å². The summed E-state index contributed by atoms with van der Waals surface area (Å²) in [5, 5.41) is 7.16. The monoisotopic (exact) mass is 136 g/mol. The van der Waals surface area contributed by atoms with Gasteiger partial charge in [0.15, 0.2) is 0 Å². The average molecular weight is 136 g/mol. The fourth-order valence-corrected chi connectivity index (χ4v) is 0.576. The Hall–Kier alpha value is -0.990. The van der Waals surface area contributed by atoms with Crippen molar-refractivity contribution in [3.8, 4) is 0 Å². The van der Waals surface area contributed by atoms with Crippen molar-refractivity contribution in [1.82, 2.24) is 15.2 Å². The van der Waals surface area contributed by atoms with E-state index in [2.05, 4.69) is 42.1 Å². The molecule has 0 aliphatic carbocycles. The van der Waals surface area contributed by atoms with Gasteiger partial charge in [-0.1, -0.05) is 20.8 Å². The maximum atomic E-state index is 4.02. The van der Waals surface area contributed by atoms with Gasteiger partial charge in [-0.3, -0.25) is 0 Å². The predicted molar refractivity (Wildman–Crippen MR) is 37.4 cm³/mol. The first-order chi connectivity index (χ1) is 4.61. The van der Waals surface area contributed by atoms with E-state index in [9.17, 15) is 0 Å². The van der Waals surface area contributed by atoms with Crippen LogP contribution < -0.4 is 0 Å². The van der Waals surface area contributed by atoms with Crippen molar-refractivity contribution in [3.05, 3.63) is 18.2 Å². The van der Waals surface area contributed by atoms with E-state index in [0.29, 0.717) is 0 Å². The first kappa shape index (κ1) is 7.12. The zero-order valence-electron chi connectivity index (χ0n) is 6.42. The number of nitrogens with zero attached hydrogens (tertiary/aromatic N) is 3. The summed E-state index contributed by atoms with van der Waals surface area (Å²) >= 11 is 0. The molecular formula is C7H10N3. The van der Waals surface area contributed by atoms with Crippen molar-refractivity contribution in [1.29, 1.82) is 0 Å². The molecule has 1 radical (unpaired) electrons. The molecule has 1 aromatic heterocycles. The van der Waals surface area contributed by atoms with Gasteiger partial charge in [0.05, 0.1) is 5.69 Å². The van der Waals surface area contributed by atoms with E-state index in [0.717, 1.165) is 5.69 Å². The zero-order valence-corrected chi connectivity index (χ0v) is 6.42. The fourth-order valence-electron chi connectivity index (χ4n) is 0.576. The summed E-state index contributed by atoms with van der Waals surface area (Å²) in [7, 11) is 0. The van der Waals surface area contributed by atoms with Gasteiger partial charge in [0.25, 0.3) is 0 Å². The lowest BCUT2D eigenvalue weighted by Gasteiger charge is -2.14. The topological polar surface area (TPSA) is 38.7 Å². The summed E-state index contributed by atoms with van der Waals surface area (Å²) in [4.78, 5) is 4.02. The van der Waals surface area contributed by atoms with Crippen LogP contribution in [-0.2, 0) is 5.41 Å². The summed E-state index contributed by atoms with van der Waals surface area (Å²) in [6.45, 7) is 6.19. The maximum Gasteiger partial charge on any atom is 0.138 e. The van der Waals surface area contributed by atoms with Gasteiger partial charge in [-0.2, -0.15) is 0 Å². The molecule has 0 amide bonds. The van der Waals surface area contributed by atoms with E-state index in [1.807, 2.05) is 0 Å². The van der Waals surface area contributed by atoms with E-state index < -0.39 is 0 Å². The Kier molecular flexibility index (Phi) is 1.66. The van der Waals surface area contributed by atoms with Crippen molar-refractivity contribution in [2.24, 2.45) is 0 Å². The molecule has 10 heavy (non-hydrogen) atoms. The molecule has 1 rings (SSSR count). The van der Waals surface area contributed by atoms with Crippen molar-refractivity contribution >= 4 is 0 Å². The summed E-state index contributed by atoms with van der Waals surface area (Å²) < 4.78 is 0. The lowest BCUT2D eigenvalue weighted by Crippen LogP contribution is -2.14. The van der Waals surface area contributed by atoms with Crippen LogP contribution in [0.1, 0.15) is 26.5 Å². The normalized spacial score (nSPS) is 11.5. The summed E-state index contributed by atoms with van der Waals surface area (Å²) in [6.07, 6.45) is 4.18.